The second-order valence-corrected chi connectivity index (χ2v) is 6.36. The van der Waals surface area contributed by atoms with Gasteiger partial charge >= 0.3 is 0 Å². The van der Waals surface area contributed by atoms with Crippen LogP contribution in [0.1, 0.15) is 19.3 Å². The standard InChI is InChI=1S/C20H20N4O/c21-18(25)17-12-6-7-13-24(17)20-15-10-4-5-11-16(15)22-19(23-20)14-8-2-1-3-9-14/h1-5,8-11,17H,6-7,12-13H2,(H2,21,25). The van der Waals surface area contributed by atoms with Crippen LogP contribution in [0.4, 0.5) is 5.82 Å². The van der Waals surface area contributed by atoms with Gasteiger partial charge in [0.05, 0.1) is 5.52 Å². The van der Waals surface area contributed by atoms with Crippen LogP contribution in [0.25, 0.3) is 22.3 Å². The summed E-state index contributed by atoms with van der Waals surface area (Å²) in [7, 11) is 0. The van der Waals surface area contributed by atoms with Gasteiger partial charge in [0.15, 0.2) is 5.82 Å². The maximum atomic E-state index is 12.0. The Morgan fingerprint density at radius 1 is 1.00 bits per heavy atom. The monoisotopic (exact) mass is 332 g/mol. The van der Waals surface area contributed by atoms with Gasteiger partial charge in [-0.15, -0.1) is 0 Å². The molecule has 1 saturated heterocycles. The Labute approximate surface area is 146 Å². The number of carbonyl (C=O) groups is 1. The van der Waals surface area contributed by atoms with Crippen molar-refractivity contribution >= 4 is 22.6 Å². The van der Waals surface area contributed by atoms with Crippen molar-refractivity contribution in [2.24, 2.45) is 5.73 Å². The van der Waals surface area contributed by atoms with E-state index in [0.29, 0.717) is 5.82 Å². The fraction of sp³-hybridized carbons (Fsp3) is 0.250. The summed E-state index contributed by atoms with van der Waals surface area (Å²) < 4.78 is 0. The highest BCUT2D eigenvalue weighted by Gasteiger charge is 2.29. The molecular formula is C20H20N4O. The number of nitrogens with zero attached hydrogens (tertiary/aromatic N) is 3. The number of carbonyl (C=O) groups excluding carboxylic acids is 1. The number of nitrogens with two attached hydrogens (primary N) is 1. The fourth-order valence-electron chi connectivity index (χ4n) is 3.48. The molecule has 0 saturated carbocycles. The minimum absolute atomic E-state index is 0.288. The second-order valence-electron chi connectivity index (χ2n) is 6.36. The molecule has 2 N–H and O–H groups in total. The number of anilines is 1. The summed E-state index contributed by atoms with van der Waals surface area (Å²) >= 11 is 0. The van der Waals surface area contributed by atoms with Crippen molar-refractivity contribution in [2.45, 2.75) is 25.3 Å². The van der Waals surface area contributed by atoms with Crippen molar-refractivity contribution in [1.82, 2.24) is 9.97 Å². The Hall–Kier alpha value is -2.95. The van der Waals surface area contributed by atoms with Crippen LogP contribution in [0.3, 0.4) is 0 Å². The van der Waals surface area contributed by atoms with Gasteiger partial charge in [-0.05, 0) is 31.4 Å². The van der Waals surface area contributed by atoms with Gasteiger partial charge in [-0.2, -0.15) is 0 Å². The first-order valence-electron chi connectivity index (χ1n) is 8.62. The van der Waals surface area contributed by atoms with Gasteiger partial charge in [-0.25, -0.2) is 9.97 Å². The zero-order valence-corrected chi connectivity index (χ0v) is 13.9. The van der Waals surface area contributed by atoms with E-state index in [4.69, 9.17) is 15.7 Å². The number of primary amides is 1. The van der Waals surface area contributed by atoms with E-state index in [1.807, 2.05) is 54.6 Å². The average Bonchev–Trinajstić information content (AvgIpc) is 2.68. The van der Waals surface area contributed by atoms with Crippen LogP contribution < -0.4 is 10.6 Å². The number of hydrogen-bond acceptors (Lipinski definition) is 4. The normalized spacial score (nSPS) is 17.6. The second kappa shape index (κ2) is 6.51. The van der Waals surface area contributed by atoms with Crippen LogP contribution in [-0.2, 0) is 4.79 Å². The van der Waals surface area contributed by atoms with Crippen LogP contribution in [0.15, 0.2) is 54.6 Å². The lowest BCUT2D eigenvalue weighted by molar-refractivity contribution is -0.119. The zero-order chi connectivity index (χ0) is 17.2. The van der Waals surface area contributed by atoms with E-state index in [1.165, 1.54) is 0 Å². The van der Waals surface area contributed by atoms with Crippen LogP contribution in [-0.4, -0.2) is 28.5 Å². The number of amides is 1. The van der Waals surface area contributed by atoms with Crippen LogP contribution >= 0.6 is 0 Å². The summed E-state index contributed by atoms with van der Waals surface area (Å²) in [4.78, 5) is 23.6. The molecular weight excluding hydrogens is 312 g/mol. The lowest BCUT2D eigenvalue weighted by Gasteiger charge is -2.35. The zero-order valence-electron chi connectivity index (χ0n) is 13.9. The third-order valence-corrected chi connectivity index (χ3v) is 4.72. The first-order valence-corrected chi connectivity index (χ1v) is 8.62. The summed E-state index contributed by atoms with van der Waals surface area (Å²) in [6.45, 7) is 0.781. The predicted molar refractivity (Wildman–Crippen MR) is 99.2 cm³/mol. The number of fused-ring (bicyclic) bond motifs is 1. The molecule has 1 unspecified atom stereocenters. The van der Waals surface area contributed by atoms with Crippen molar-refractivity contribution in [3.63, 3.8) is 0 Å². The Bertz CT molecular complexity index is 910. The van der Waals surface area contributed by atoms with Crippen LogP contribution in [0.5, 0.6) is 0 Å². The number of aromatic nitrogens is 2. The molecule has 25 heavy (non-hydrogen) atoms. The molecule has 1 aliphatic rings. The summed E-state index contributed by atoms with van der Waals surface area (Å²) in [5.74, 6) is 1.18. The third kappa shape index (κ3) is 2.93. The molecule has 1 amide bonds. The summed E-state index contributed by atoms with van der Waals surface area (Å²) in [6.07, 6.45) is 2.82. The average molecular weight is 332 g/mol. The molecule has 1 aliphatic heterocycles. The van der Waals surface area contributed by atoms with Gasteiger partial charge in [0, 0.05) is 17.5 Å². The highest BCUT2D eigenvalue weighted by molar-refractivity contribution is 5.93. The van der Waals surface area contributed by atoms with Gasteiger partial charge in [-0.3, -0.25) is 4.79 Å². The Kier molecular flexibility index (Phi) is 4.06. The minimum Gasteiger partial charge on any atom is -0.368 e. The molecule has 1 aromatic heterocycles. The molecule has 0 bridgehead atoms. The molecule has 0 aliphatic carbocycles. The van der Waals surface area contributed by atoms with Crippen molar-refractivity contribution in [3.05, 3.63) is 54.6 Å². The van der Waals surface area contributed by atoms with Crippen molar-refractivity contribution in [1.29, 1.82) is 0 Å². The van der Waals surface area contributed by atoms with Crippen molar-refractivity contribution in [2.75, 3.05) is 11.4 Å². The minimum atomic E-state index is -0.310. The largest absolute Gasteiger partial charge is 0.368 e. The number of piperidine rings is 1. The van der Waals surface area contributed by atoms with Crippen molar-refractivity contribution < 1.29 is 4.79 Å². The topological polar surface area (TPSA) is 72.1 Å². The lowest BCUT2D eigenvalue weighted by Crippen LogP contribution is -2.48. The van der Waals surface area contributed by atoms with Gasteiger partial charge in [0.1, 0.15) is 11.9 Å². The smallest absolute Gasteiger partial charge is 0.240 e. The van der Waals surface area contributed by atoms with Gasteiger partial charge in [-0.1, -0.05) is 42.5 Å². The van der Waals surface area contributed by atoms with Crippen LogP contribution in [0, 0.1) is 0 Å². The molecule has 2 aromatic carbocycles. The molecule has 0 radical (unpaired) electrons. The van der Waals surface area contributed by atoms with Gasteiger partial charge in [0.25, 0.3) is 0 Å². The summed E-state index contributed by atoms with van der Waals surface area (Å²) in [5, 5.41) is 0.954. The SMILES string of the molecule is NC(=O)C1CCCCN1c1nc(-c2ccccc2)nc2ccccc12. The predicted octanol–water partition coefficient (Wildman–Crippen LogP) is 3.14. The molecule has 0 spiro atoms. The fourth-order valence-corrected chi connectivity index (χ4v) is 3.48. The third-order valence-electron chi connectivity index (χ3n) is 4.72. The highest BCUT2D eigenvalue weighted by Crippen LogP contribution is 2.31. The van der Waals surface area contributed by atoms with E-state index in [0.717, 1.165) is 48.1 Å². The molecule has 2 heterocycles. The Morgan fingerprint density at radius 3 is 2.56 bits per heavy atom. The van der Waals surface area contributed by atoms with Gasteiger partial charge in [0.2, 0.25) is 5.91 Å². The van der Waals surface area contributed by atoms with Crippen LogP contribution in [0.2, 0.25) is 0 Å². The first-order chi connectivity index (χ1) is 12.2. The lowest BCUT2D eigenvalue weighted by atomic mass is 10.0. The quantitative estimate of drug-likeness (QED) is 0.800. The highest BCUT2D eigenvalue weighted by atomic mass is 16.1. The molecule has 5 nitrogen and oxygen atoms in total. The molecule has 1 atom stereocenters. The molecule has 4 rings (SSSR count). The number of hydrogen-bond donors (Lipinski definition) is 1. The Balaban J connectivity index is 1.91. The summed E-state index contributed by atoms with van der Waals surface area (Å²) in [6, 6.07) is 17.5. The maximum Gasteiger partial charge on any atom is 0.240 e. The van der Waals surface area contributed by atoms with E-state index in [9.17, 15) is 4.79 Å². The number of rotatable bonds is 3. The Morgan fingerprint density at radius 2 is 1.76 bits per heavy atom. The summed E-state index contributed by atoms with van der Waals surface area (Å²) in [5.41, 5.74) is 7.50. The molecule has 1 fully saturated rings. The molecule has 5 heteroatoms. The van der Waals surface area contributed by atoms with Crippen molar-refractivity contribution in [3.8, 4) is 11.4 Å². The van der Waals surface area contributed by atoms with E-state index < -0.39 is 0 Å². The first kappa shape index (κ1) is 15.6. The number of para-hydroxylation sites is 1. The number of benzene rings is 2. The van der Waals surface area contributed by atoms with E-state index in [-0.39, 0.29) is 11.9 Å². The maximum absolute atomic E-state index is 12.0. The van der Waals surface area contributed by atoms with E-state index in [1.54, 1.807) is 0 Å². The molecule has 3 aromatic rings. The molecule has 126 valence electrons. The van der Waals surface area contributed by atoms with Gasteiger partial charge < -0.3 is 10.6 Å². The van der Waals surface area contributed by atoms with E-state index >= 15 is 0 Å². The van der Waals surface area contributed by atoms with E-state index in [2.05, 4.69) is 4.90 Å².